The van der Waals surface area contributed by atoms with Crippen molar-refractivity contribution in [3.63, 3.8) is 0 Å². The first-order valence-corrected chi connectivity index (χ1v) is 5.96. The van der Waals surface area contributed by atoms with Crippen LogP contribution in [0.2, 0.25) is 0 Å². The lowest BCUT2D eigenvalue weighted by Crippen LogP contribution is -2.41. The van der Waals surface area contributed by atoms with E-state index in [4.69, 9.17) is 5.73 Å². The molecular formula is C12H25NO. The number of hydrogen-bond donors (Lipinski definition) is 2. The van der Waals surface area contributed by atoms with Crippen molar-refractivity contribution in [1.29, 1.82) is 0 Å². The molecule has 0 aliphatic heterocycles. The number of aliphatic hydroxyl groups is 1. The fourth-order valence-electron chi connectivity index (χ4n) is 2.39. The topological polar surface area (TPSA) is 46.2 Å². The Labute approximate surface area is 87.9 Å². The Morgan fingerprint density at radius 2 is 1.71 bits per heavy atom. The van der Waals surface area contributed by atoms with Crippen molar-refractivity contribution in [2.45, 2.75) is 58.5 Å². The van der Waals surface area contributed by atoms with Gasteiger partial charge in [-0.25, -0.2) is 0 Å². The van der Waals surface area contributed by atoms with Gasteiger partial charge in [0.25, 0.3) is 0 Å². The van der Waals surface area contributed by atoms with Crippen LogP contribution in [0.15, 0.2) is 0 Å². The quantitative estimate of drug-likeness (QED) is 0.685. The van der Waals surface area contributed by atoms with Gasteiger partial charge < -0.3 is 10.8 Å². The van der Waals surface area contributed by atoms with E-state index in [1.165, 1.54) is 38.5 Å². The van der Waals surface area contributed by atoms with Crippen LogP contribution in [0.4, 0.5) is 0 Å². The molecule has 0 aromatic rings. The number of hydrogen-bond acceptors (Lipinski definition) is 2. The van der Waals surface area contributed by atoms with Gasteiger partial charge in [0, 0.05) is 5.41 Å². The summed E-state index contributed by atoms with van der Waals surface area (Å²) in [5, 5.41) is 10.2. The molecule has 1 saturated carbocycles. The lowest BCUT2D eigenvalue weighted by atomic mass is 9.77. The molecule has 0 saturated heterocycles. The molecule has 1 rings (SSSR count). The zero-order chi connectivity index (χ0) is 10.6. The summed E-state index contributed by atoms with van der Waals surface area (Å²) in [5.41, 5.74) is 5.58. The van der Waals surface area contributed by atoms with Crippen molar-refractivity contribution in [1.82, 2.24) is 0 Å². The average molecular weight is 199 g/mol. The summed E-state index contributed by atoms with van der Waals surface area (Å²) < 4.78 is 0. The highest BCUT2D eigenvalue weighted by atomic mass is 16.3. The van der Waals surface area contributed by atoms with Crippen molar-refractivity contribution in [2.75, 3.05) is 6.54 Å². The van der Waals surface area contributed by atoms with Crippen LogP contribution >= 0.6 is 0 Å². The van der Waals surface area contributed by atoms with Gasteiger partial charge in [0.2, 0.25) is 0 Å². The molecule has 2 heteroatoms. The van der Waals surface area contributed by atoms with Gasteiger partial charge in [0.15, 0.2) is 0 Å². The second kappa shape index (κ2) is 5.13. The van der Waals surface area contributed by atoms with Crippen molar-refractivity contribution >= 4 is 0 Å². The van der Waals surface area contributed by atoms with Crippen LogP contribution in [-0.2, 0) is 0 Å². The van der Waals surface area contributed by atoms with Gasteiger partial charge in [0.05, 0.1) is 6.10 Å². The Balaban J connectivity index is 2.53. The van der Waals surface area contributed by atoms with Crippen molar-refractivity contribution < 1.29 is 5.11 Å². The normalized spacial score (nSPS) is 23.1. The highest BCUT2D eigenvalue weighted by Crippen LogP contribution is 2.33. The molecule has 1 unspecified atom stereocenters. The molecule has 1 fully saturated rings. The number of aliphatic hydroxyl groups excluding tert-OH is 1. The standard InChI is InChI=1S/C12H25NO/c1-12(2,9-13)11(14)10-7-5-3-4-6-8-10/h10-11,14H,3-9,13H2,1-2H3. The third-order valence-electron chi connectivity index (χ3n) is 3.67. The highest BCUT2D eigenvalue weighted by molar-refractivity contribution is 4.84. The van der Waals surface area contributed by atoms with Gasteiger partial charge >= 0.3 is 0 Å². The molecule has 0 amide bonds. The minimum absolute atomic E-state index is 0.116. The average Bonchev–Trinajstić information content (AvgIpc) is 2.44. The third kappa shape index (κ3) is 2.96. The van der Waals surface area contributed by atoms with E-state index in [9.17, 15) is 5.11 Å². The summed E-state index contributed by atoms with van der Waals surface area (Å²) >= 11 is 0. The van der Waals surface area contributed by atoms with Crippen LogP contribution < -0.4 is 5.73 Å². The molecule has 0 aromatic heterocycles. The van der Waals surface area contributed by atoms with Crippen LogP contribution in [0.25, 0.3) is 0 Å². The van der Waals surface area contributed by atoms with Gasteiger partial charge in [-0.05, 0) is 25.3 Å². The van der Waals surface area contributed by atoms with Crippen LogP contribution in [-0.4, -0.2) is 17.8 Å². The number of nitrogens with two attached hydrogens (primary N) is 1. The van der Waals surface area contributed by atoms with E-state index in [2.05, 4.69) is 13.8 Å². The van der Waals surface area contributed by atoms with Gasteiger partial charge in [-0.1, -0.05) is 39.5 Å². The molecule has 14 heavy (non-hydrogen) atoms. The fraction of sp³-hybridized carbons (Fsp3) is 1.00. The van der Waals surface area contributed by atoms with Crippen molar-refractivity contribution in [3.05, 3.63) is 0 Å². The number of rotatable bonds is 3. The fourth-order valence-corrected chi connectivity index (χ4v) is 2.39. The Kier molecular flexibility index (Phi) is 4.39. The first kappa shape index (κ1) is 12.0. The monoisotopic (exact) mass is 199 g/mol. The van der Waals surface area contributed by atoms with Crippen LogP contribution in [0.1, 0.15) is 52.4 Å². The first-order valence-electron chi connectivity index (χ1n) is 5.96. The maximum absolute atomic E-state index is 10.2. The summed E-state index contributed by atoms with van der Waals surface area (Å²) in [4.78, 5) is 0. The second-order valence-electron chi connectivity index (χ2n) is 5.39. The predicted octanol–water partition coefficient (Wildman–Crippen LogP) is 2.30. The summed E-state index contributed by atoms with van der Waals surface area (Å²) in [5.74, 6) is 0.482. The maximum atomic E-state index is 10.2. The highest BCUT2D eigenvalue weighted by Gasteiger charge is 2.32. The van der Waals surface area contributed by atoms with E-state index in [-0.39, 0.29) is 11.5 Å². The molecule has 0 bridgehead atoms. The molecule has 3 N–H and O–H groups in total. The van der Waals surface area contributed by atoms with E-state index < -0.39 is 0 Å². The smallest absolute Gasteiger partial charge is 0.0631 e. The van der Waals surface area contributed by atoms with E-state index in [1.807, 2.05) is 0 Å². The SMILES string of the molecule is CC(C)(CN)C(O)C1CCCCCC1. The molecule has 2 nitrogen and oxygen atoms in total. The predicted molar refractivity (Wildman–Crippen MR) is 60.0 cm³/mol. The molecule has 1 atom stereocenters. The third-order valence-corrected chi connectivity index (χ3v) is 3.67. The van der Waals surface area contributed by atoms with Crippen molar-refractivity contribution in [2.24, 2.45) is 17.1 Å². The Morgan fingerprint density at radius 3 is 2.14 bits per heavy atom. The summed E-state index contributed by atoms with van der Waals surface area (Å²) in [6.07, 6.45) is 7.39. The molecule has 0 heterocycles. The lowest BCUT2D eigenvalue weighted by Gasteiger charge is -2.34. The van der Waals surface area contributed by atoms with Crippen LogP contribution in [0, 0.1) is 11.3 Å². The minimum Gasteiger partial charge on any atom is -0.392 e. The van der Waals surface area contributed by atoms with E-state index in [0.717, 1.165) is 0 Å². The molecule has 1 aliphatic carbocycles. The van der Waals surface area contributed by atoms with E-state index in [0.29, 0.717) is 12.5 Å². The Hall–Kier alpha value is -0.0800. The van der Waals surface area contributed by atoms with Gasteiger partial charge in [0.1, 0.15) is 0 Å². The lowest BCUT2D eigenvalue weighted by molar-refractivity contribution is 0.000756. The van der Waals surface area contributed by atoms with Gasteiger partial charge in [-0.15, -0.1) is 0 Å². The van der Waals surface area contributed by atoms with Crippen LogP contribution in [0.5, 0.6) is 0 Å². The molecule has 0 aromatic carbocycles. The summed E-state index contributed by atoms with van der Waals surface area (Å²) in [6.45, 7) is 4.72. The first-order chi connectivity index (χ1) is 6.58. The largest absolute Gasteiger partial charge is 0.392 e. The molecule has 0 radical (unpaired) electrons. The van der Waals surface area contributed by atoms with Crippen LogP contribution in [0.3, 0.4) is 0 Å². The van der Waals surface area contributed by atoms with Gasteiger partial charge in [-0.2, -0.15) is 0 Å². The zero-order valence-corrected chi connectivity index (χ0v) is 9.63. The maximum Gasteiger partial charge on any atom is 0.0631 e. The second-order valence-corrected chi connectivity index (χ2v) is 5.39. The molecule has 0 spiro atoms. The Bertz CT molecular complexity index is 160. The van der Waals surface area contributed by atoms with Gasteiger partial charge in [-0.3, -0.25) is 0 Å². The van der Waals surface area contributed by atoms with E-state index in [1.54, 1.807) is 0 Å². The minimum atomic E-state index is -0.217. The molecule has 1 aliphatic rings. The summed E-state index contributed by atoms with van der Waals surface area (Å²) in [6, 6.07) is 0. The molecule has 84 valence electrons. The van der Waals surface area contributed by atoms with E-state index >= 15 is 0 Å². The zero-order valence-electron chi connectivity index (χ0n) is 9.63. The van der Waals surface area contributed by atoms with Crippen molar-refractivity contribution in [3.8, 4) is 0 Å². The molecular weight excluding hydrogens is 174 g/mol. The summed E-state index contributed by atoms with van der Waals surface area (Å²) in [7, 11) is 0. The Morgan fingerprint density at radius 1 is 1.21 bits per heavy atom.